The molecule has 0 aliphatic carbocycles. The lowest BCUT2D eigenvalue weighted by molar-refractivity contribution is -0.131. The Morgan fingerprint density at radius 2 is 1.71 bits per heavy atom. The highest BCUT2D eigenvalue weighted by Gasteiger charge is 2.22. The average Bonchev–Trinajstić information content (AvgIpc) is 2.82. The molecule has 1 fully saturated rings. The first-order valence-electron chi connectivity index (χ1n) is 10.2. The molecule has 0 radical (unpaired) electrons. The molecule has 0 saturated carbocycles. The number of piperazine rings is 1. The van der Waals surface area contributed by atoms with Gasteiger partial charge in [0, 0.05) is 58.6 Å². The van der Waals surface area contributed by atoms with Crippen LogP contribution in [0.4, 0.5) is 5.95 Å². The molecule has 31 heavy (non-hydrogen) atoms. The second kappa shape index (κ2) is 13.6. The van der Waals surface area contributed by atoms with Crippen molar-refractivity contribution < 1.29 is 9.53 Å². The van der Waals surface area contributed by atoms with Crippen molar-refractivity contribution in [3.8, 4) is 5.75 Å². The standard InChI is InChI=1S/C21H29N7O2.HI/c1-22-20(24-12-17-30-18-6-3-2-4-7-18)23-11-8-19(29)27-13-15-28(16-14-27)21-25-9-5-10-26-21;/h2-7,9-10H,8,11-17H2,1H3,(H2,22,23,24);1H. The fourth-order valence-corrected chi connectivity index (χ4v) is 3.13. The van der Waals surface area contributed by atoms with Crippen molar-refractivity contribution in [3.63, 3.8) is 0 Å². The highest BCUT2D eigenvalue weighted by molar-refractivity contribution is 14.0. The van der Waals surface area contributed by atoms with Crippen LogP contribution in [-0.2, 0) is 4.79 Å². The van der Waals surface area contributed by atoms with Crippen LogP contribution in [0, 0.1) is 0 Å². The van der Waals surface area contributed by atoms with E-state index in [2.05, 4.69) is 30.5 Å². The number of anilines is 1. The number of halogens is 1. The fourth-order valence-electron chi connectivity index (χ4n) is 3.13. The van der Waals surface area contributed by atoms with Crippen molar-refractivity contribution in [1.82, 2.24) is 25.5 Å². The molecule has 1 aromatic carbocycles. The third-order valence-corrected chi connectivity index (χ3v) is 4.73. The van der Waals surface area contributed by atoms with Gasteiger partial charge < -0.3 is 25.2 Å². The van der Waals surface area contributed by atoms with Crippen LogP contribution in [0.3, 0.4) is 0 Å². The number of hydrogen-bond acceptors (Lipinski definition) is 6. The molecule has 0 atom stereocenters. The maximum atomic E-state index is 12.5. The molecule has 1 amide bonds. The Morgan fingerprint density at radius 1 is 1.03 bits per heavy atom. The lowest BCUT2D eigenvalue weighted by atomic mass is 10.3. The lowest BCUT2D eigenvalue weighted by Gasteiger charge is -2.34. The maximum Gasteiger partial charge on any atom is 0.225 e. The minimum Gasteiger partial charge on any atom is -0.492 e. The van der Waals surface area contributed by atoms with Crippen molar-refractivity contribution >= 4 is 41.8 Å². The van der Waals surface area contributed by atoms with Gasteiger partial charge in [-0.3, -0.25) is 9.79 Å². The zero-order chi connectivity index (χ0) is 21.0. The summed E-state index contributed by atoms with van der Waals surface area (Å²) in [5, 5.41) is 6.36. The second-order valence-electron chi connectivity index (χ2n) is 6.75. The predicted molar refractivity (Wildman–Crippen MR) is 132 cm³/mol. The van der Waals surface area contributed by atoms with Crippen LogP contribution in [0.2, 0.25) is 0 Å². The first-order valence-corrected chi connectivity index (χ1v) is 10.2. The van der Waals surface area contributed by atoms with Crippen molar-refractivity contribution in [2.24, 2.45) is 4.99 Å². The van der Waals surface area contributed by atoms with E-state index in [0.29, 0.717) is 45.2 Å². The van der Waals surface area contributed by atoms with E-state index in [1.165, 1.54) is 0 Å². The Hall–Kier alpha value is -2.63. The number of amides is 1. The number of carbonyl (C=O) groups excluding carboxylic acids is 1. The Balaban J connectivity index is 0.00000341. The summed E-state index contributed by atoms with van der Waals surface area (Å²) in [6, 6.07) is 11.5. The third kappa shape index (κ3) is 8.19. The molecule has 0 bridgehead atoms. The Labute approximate surface area is 200 Å². The smallest absolute Gasteiger partial charge is 0.225 e. The summed E-state index contributed by atoms with van der Waals surface area (Å²) in [7, 11) is 1.71. The molecule has 0 unspecified atom stereocenters. The molecule has 3 rings (SSSR count). The molecular weight excluding hydrogens is 509 g/mol. The summed E-state index contributed by atoms with van der Waals surface area (Å²) < 4.78 is 5.64. The van der Waals surface area contributed by atoms with Crippen molar-refractivity contribution in [2.45, 2.75) is 6.42 Å². The van der Waals surface area contributed by atoms with E-state index in [1.807, 2.05) is 35.2 Å². The summed E-state index contributed by atoms with van der Waals surface area (Å²) in [5.41, 5.74) is 0. The topological polar surface area (TPSA) is 95.0 Å². The van der Waals surface area contributed by atoms with Crippen LogP contribution in [0.5, 0.6) is 5.75 Å². The van der Waals surface area contributed by atoms with Crippen molar-refractivity contribution in [3.05, 3.63) is 48.8 Å². The van der Waals surface area contributed by atoms with Gasteiger partial charge in [0.1, 0.15) is 12.4 Å². The number of nitrogens with one attached hydrogen (secondary N) is 2. The number of guanidine groups is 1. The Morgan fingerprint density at radius 3 is 2.39 bits per heavy atom. The van der Waals surface area contributed by atoms with Crippen LogP contribution in [0.25, 0.3) is 0 Å². The largest absolute Gasteiger partial charge is 0.492 e. The molecule has 1 saturated heterocycles. The van der Waals surface area contributed by atoms with Crippen LogP contribution in [0.15, 0.2) is 53.8 Å². The van der Waals surface area contributed by atoms with E-state index >= 15 is 0 Å². The number of benzene rings is 1. The van der Waals surface area contributed by atoms with Gasteiger partial charge in [-0.15, -0.1) is 24.0 Å². The summed E-state index contributed by atoms with van der Waals surface area (Å²) in [6.07, 6.45) is 3.89. The van der Waals surface area contributed by atoms with Gasteiger partial charge in [0.15, 0.2) is 5.96 Å². The van der Waals surface area contributed by atoms with Gasteiger partial charge in [0.25, 0.3) is 0 Å². The maximum absolute atomic E-state index is 12.5. The highest BCUT2D eigenvalue weighted by atomic mass is 127. The summed E-state index contributed by atoms with van der Waals surface area (Å²) in [5.74, 6) is 2.36. The van der Waals surface area contributed by atoms with Gasteiger partial charge in [-0.05, 0) is 18.2 Å². The lowest BCUT2D eigenvalue weighted by Crippen LogP contribution is -2.50. The van der Waals surface area contributed by atoms with Crippen molar-refractivity contribution in [2.75, 3.05) is 57.8 Å². The molecule has 0 spiro atoms. The van der Waals surface area contributed by atoms with E-state index in [4.69, 9.17) is 4.74 Å². The number of hydrogen-bond donors (Lipinski definition) is 2. The molecule has 1 aliphatic heterocycles. The molecule has 9 nitrogen and oxygen atoms in total. The Bertz CT molecular complexity index is 800. The van der Waals surface area contributed by atoms with E-state index in [-0.39, 0.29) is 29.9 Å². The number of nitrogens with zero attached hydrogens (tertiary/aromatic N) is 5. The fraction of sp³-hybridized carbons (Fsp3) is 0.429. The SMILES string of the molecule is CN=C(NCCOc1ccccc1)NCCC(=O)N1CCN(c2ncccn2)CC1.I. The van der Waals surface area contributed by atoms with Crippen LogP contribution in [-0.4, -0.2) is 79.7 Å². The zero-order valence-electron chi connectivity index (χ0n) is 17.7. The van der Waals surface area contributed by atoms with Crippen molar-refractivity contribution in [1.29, 1.82) is 0 Å². The molecule has 1 aromatic heterocycles. The molecule has 10 heteroatoms. The number of para-hydroxylation sites is 1. The number of aromatic nitrogens is 2. The van der Waals surface area contributed by atoms with Crippen LogP contribution < -0.4 is 20.3 Å². The number of carbonyl (C=O) groups is 1. The van der Waals surface area contributed by atoms with E-state index in [9.17, 15) is 4.79 Å². The van der Waals surface area contributed by atoms with Gasteiger partial charge in [-0.2, -0.15) is 0 Å². The van der Waals surface area contributed by atoms with E-state index in [1.54, 1.807) is 25.5 Å². The average molecular weight is 539 g/mol. The number of rotatable bonds is 8. The first kappa shape index (κ1) is 24.6. The molecule has 2 aromatic rings. The van der Waals surface area contributed by atoms with E-state index in [0.717, 1.165) is 24.8 Å². The molecule has 2 N–H and O–H groups in total. The van der Waals surface area contributed by atoms with Gasteiger partial charge in [-0.1, -0.05) is 18.2 Å². The first-order chi connectivity index (χ1) is 14.8. The molecular formula is C21H30IN7O2. The number of aliphatic imine (C=N–C) groups is 1. The third-order valence-electron chi connectivity index (χ3n) is 4.73. The second-order valence-corrected chi connectivity index (χ2v) is 6.75. The van der Waals surface area contributed by atoms with E-state index < -0.39 is 0 Å². The minimum absolute atomic E-state index is 0. The van der Waals surface area contributed by atoms with Gasteiger partial charge in [-0.25, -0.2) is 9.97 Å². The van der Waals surface area contributed by atoms with Crippen LogP contribution >= 0.6 is 24.0 Å². The molecule has 2 heterocycles. The van der Waals surface area contributed by atoms with Gasteiger partial charge in [0.05, 0.1) is 6.54 Å². The summed E-state index contributed by atoms with van der Waals surface area (Å²) in [4.78, 5) is 29.2. The monoisotopic (exact) mass is 539 g/mol. The highest BCUT2D eigenvalue weighted by Crippen LogP contribution is 2.10. The molecule has 1 aliphatic rings. The normalized spacial score (nSPS) is 13.9. The quantitative estimate of drug-likeness (QED) is 0.227. The minimum atomic E-state index is 0. The molecule has 168 valence electrons. The Kier molecular flexibility index (Phi) is 10.8. The predicted octanol–water partition coefficient (Wildman–Crippen LogP) is 1.38. The zero-order valence-corrected chi connectivity index (χ0v) is 20.1. The van der Waals surface area contributed by atoms with Gasteiger partial charge >= 0.3 is 0 Å². The summed E-state index contributed by atoms with van der Waals surface area (Å²) >= 11 is 0. The number of ether oxygens (including phenoxy) is 1. The van der Waals surface area contributed by atoms with Crippen LogP contribution in [0.1, 0.15) is 6.42 Å². The van der Waals surface area contributed by atoms with Gasteiger partial charge in [0.2, 0.25) is 11.9 Å². The summed E-state index contributed by atoms with van der Waals surface area (Å²) in [6.45, 7) is 4.52.